The average molecular weight is 255 g/mol. The smallest absolute Gasteiger partial charge is 0.0834 e. The highest BCUT2D eigenvalue weighted by Crippen LogP contribution is 2.44. The summed E-state index contributed by atoms with van der Waals surface area (Å²) >= 11 is 0. The summed E-state index contributed by atoms with van der Waals surface area (Å²) in [4.78, 5) is 0. The van der Waals surface area contributed by atoms with Gasteiger partial charge in [-0.05, 0) is 57.4 Å². The van der Waals surface area contributed by atoms with Gasteiger partial charge >= 0.3 is 0 Å². The molecule has 0 spiro atoms. The Balaban J connectivity index is 2.72. The van der Waals surface area contributed by atoms with Crippen LogP contribution in [0.1, 0.15) is 73.1 Å². The Morgan fingerprint density at radius 1 is 1.06 bits per heavy atom. The molecule has 1 unspecified atom stereocenters. The third-order valence-corrected chi connectivity index (χ3v) is 4.57. The molecule has 1 N–H and O–H groups in total. The Hall–Kier alpha value is -0.0800. The van der Waals surface area contributed by atoms with Crippen molar-refractivity contribution in [1.82, 2.24) is 5.32 Å². The summed E-state index contributed by atoms with van der Waals surface area (Å²) in [5.41, 5.74) is 0.595. The van der Waals surface area contributed by atoms with Crippen LogP contribution < -0.4 is 5.32 Å². The molecule has 0 bridgehead atoms. The van der Waals surface area contributed by atoms with Crippen molar-refractivity contribution in [1.29, 1.82) is 0 Å². The Morgan fingerprint density at radius 2 is 1.67 bits per heavy atom. The fraction of sp³-hybridized carbons (Fsp3) is 1.00. The molecule has 2 nitrogen and oxygen atoms in total. The molecule has 18 heavy (non-hydrogen) atoms. The van der Waals surface area contributed by atoms with Crippen molar-refractivity contribution in [3.63, 3.8) is 0 Å². The first kappa shape index (κ1) is 16.0. The lowest BCUT2D eigenvalue weighted by molar-refractivity contribution is -0.107. The fourth-order valence-corrected chi connectivity index (χ4v) is 3.25. The predicted molar refractivity (Wildman–Crippen MR) is 79.0 cm³/mol. The van der Waals surface area contributed by atoms with E-state index in [2.05, 4.69) is 39.9 Å². The molecule has 0 radical (unpaired) electrons. The molecule has 0 aromatic rings. The average Bonchev–Trinajstić information content (AvgIpc) is 2.34. The maximum absolute atomic E-state index is 6.25. The number of hydrogen-bond acceptors (Lipinski definition) is 2. The summed E-state index contributed by atoms with van der Waals surface area (Å²) in [6.07, 6.45) is 7.37. The molecule has 1 aliphatic carbocycles. The van der Waals surface area contributed by atoms with Crippen molar-refractivity contribution in [2.75, 3.05) is 13.2 Å². The molecule has 1 fully saturated rings. The van der Waals surface area contributed by atoms with Gasteiger partial charge in [-0.1, -0.05) is 27.7 Å². The highest BCUT2D eigenvalue weighted by molar-refractivity contribution is 4.98. The minimum Gasteiger partial charge on any atom is -0.374 e. The van der Waals surface area contributed by atoms with Crippen LogP contribution in [0.15, 0.2) is 0 Å². The zero-order valence-electron chi connectivity index (χ0n) is 13.1. The van der Waals surface area contributed by atoms with Crippen LogP contribution in [-0.4, -0.2) is 24.8 Å². The normalized spacial score (nSPS) is 23.8. The SMILES string of the molecule is CCCNC(CC)C1(OCC)CCC(C)(C)CC1. The maximum atomic E-state index is 6.25. The van der Waals surface area contributed by atoms with E-state index in [9.17, 15) is 0 Å². The van der Waals surface area contributed by atoms with Crippen LogP contribution in [0.3, 0.4) is 0 Å². The van der Waals surface area contributed by atoms with Crippen molar-refractivity contribution in [3.8, 4) is 0 Å². The molecule has 0 aliphatic heterocycles. The van der Waals surface area contributed by atoms with Crippen molar-refractivity contribution in [3.05, 3.63) is 0 Å². The minimum absolute atomic E-state index is 0.0915. The van der Waals surface area contributed by atoms with E-state index >= 15 is 0 Å². The molecule has 108 valence electrons. The van der Waals surface area contributed by atoms with Crippen molar-refractivity contribution < 1.29 is 4.74 Å². The monoisotopic (exact) mass is 255 g/mol. The van der Waals surface area contributed by atoms with Gasteiger partial charge in [0, 0.05) is 12.6 Å². The first-order valence-electron chi connectivity index (χ1n) is 7.87. The van der Waals surface area contributed by atoms with Gasteiger partial charge in [-0.15, -0.1) is 0 Å². The lowest BCUT2D eigenvalue weighted by Gasteiger charge is -2.47. The molecular weight excluding hydrogens is 222 g/mol. The zero-order valence-corrected chi connectivity index (χ0v) is 13.1. The van der Waals surface area contributed by atoms with Gasteiger partial charge in [0.05, 0.1) is 5.60 Å². The van der Waals surface area contributed by atoms with Gasteiger partial charge < -0.3 is 10.1 Å². The quantitative estimate of drug-likeness (QED) is 0.738. The van der Waals surface area contributed by atoms with E-state index in [1.54, 1.807) is 0 Å². The van der Waals surface area contributed by atoms with Gasteiger partial charge in [0.1, 0.15) is 0 Å². The molecule has 1 atom stereocenters. The van der Waals surface area contributed by atoms with E-state index in [0.717, 1.165) is 13.2 Å². The van der Waals surface area contributed by atoms with E-state index < -0.39 is 0 Å². The van der Waals surface area contributed by atoms with Gasteiger partial charge in [-0.25, -0.2) is 0 Å². The Morgan fingerprint density at radius 3 is 2.11 bits per heavy atom. The minimum atomic E-state index is 0.0915. The number of nitrogens with one attached hydrogen (secondary N) is 1. The summed E-state index contributed by atoms with van der Waals surface area (Å²) in [5.74, 6) is 0. The third kappa shape index (κ3) is 3.96. The van der Waals surface area contributed by atoms with Gasteiger partial charge in [-0.2, -0.15) is 0 Å². The van der Waals surface area contributed by atoms with Gasteiger partial charge in [0.2, 0.25) is 0 Å². The largest absolute Gasteiger partial charge is 0.374 e. The fourth-order valence-electron chi connectivity index (χ4n) is 3.25. The summed E-state index contributed by atoms with van der Waals surface area (Å²) in [5, 5.41) is 3.72. The van der Waals surface area contributed by atoms with Crippen LogP contribution in [0.5, 0.6) is 0 Å². The van der Waals surface area contributed by atoms with Crippen LogP contribution in [0, 0.1) is 5.41 Å². The lowest BCUT2D eigenvalue weighted by Crippen LogP contribution is -2.55. The first-order chi connectivity index (χ1) is 8.49. The molecule has 0 aromatic carbocycles. The summed E-state index contributed by atoms with van der Waals surface area (Å²) in [6.45, 7) is 13.4. The van der Waals surface area contributed by atoms with Crippen LogP contribution in [-0.2, 0) is 4.74 Å². The Kier molecular flexibility index (Phi) is 6.13. The van der Waals surface area contributed by atoms with E-state index in [-0.39, 0.29) is 5.60 Å². The molecule has 2 heteroatoms. The van der Waals surface area contributed by atoms with E-state index in [0.29, 0.717) is 11.5 Å². The second-order valence-corrected chi connectivity index (χ2v) is 6.58. The topological polar surface area (TPSA) is 21.3 Å². The second-order valence-electron chi connectivity index (χ2n) is 6.58. The maximum Gasteiger partial charge on any atom is 0.0834 e. The van der Waals surface area contributed by atoms with Gasteiger partial charge in [0.15, 0.2) is 0 Å². The van der Waals surface area contributed by atoms with Crippen LogP contribution >= 0.6 is 0 Å². The second kappa shape index (κ2) is 6.91. The third-order valence-electron chi connectivity index (χ3n) is 4.57. The molecule has 1 rings (SSSR count). The number of rotatable bonds is 7. The van der Waals surface area contributed by atoms with Crippen LogP contribution in [0.4, 0.5) is 0 Å². The standard InChI is InChI=1S/C16H33NO/c1-6-13-17-14(7-2)16(18-8-3)11-9-15(4,5)10-12-16/h14,17H,6-13H2,1-5H3. The van der Waals surface area contributed by atoms with Crippen LogP contribution in [0.25, 0.3) is 0 Å². The molecular formula is C16H33NO. The van der Waals surface area contributed by atoms with Gasteiger partial charge in [0.25, 0.3) is 0 Å². The van der Waals surface area contributed by atoms with Gasteiger partial charge in [-0.3, -0.25) is 0 Å². The highest BCUT2D eigenvalue weighted by atomic mass is 16.5. The predicted octanol–water partition coefficient (Wildman–Crippen LogP) is 4.14. The van der Waals surface area contributed by atoms with E-state index in [1.807, 2.05) is 0 Å². The number of ether oxygens (including phenoxy) is 1. The van der Waals surface area contributed by atoms with E-state index in [4.69, 9.17) is 4.74 Å². The Labute approximate surface area is 114 Å². The molecule has 0 amide bonds. The molecule has 0 heterocycles. The molecule has 1 aliphatic rings. The van der Waals surface area contributed by atoms with Crippen molar-refractivity contribution >= 4 is 0 Å². The number of hydrogen-bond donors (Lipinski definition) is 1. The summed E-state index contributed by atoms with van der Waals surface area (Å²) in [6, 6.07) is 0.522. The zero-order chi connectivity index (χ0) is 13.6. The summed E-state index contributed by atoms with van der Waals surface area (Å²) < 4.78 is 6.25. The van der Waals surface area contributed by atoms with Crippen LogP contribution in [0.2, 0.25) is 0 Å². The van der Waals surface area contributed by atoms with E-state index in [1.165, 1.54) is 38.5 Å². The molecule has 1 saturated carbocycles. The highest BCUT2D eigenvalue weighted by Gasteiger charge is 2.43. The van der Waals surface area contributed by atoms with Crippen molar-refractivity contribution in [2.45, 2.75) is 84.8 Å². The molecule has 0 aromatic heterocycles. The first-order valence-corrected chi connectivity index (χ1v) is 7.87. The Bertz CT molecular complexity index is 227. The van der Waals surface area contributed by atoms with Crippen molar-refractivity contribution in [2.24, 2.45) is 5.41 Å². The lowest BCUT2D eigenvalue weighted by atomic mass is 9.68. The summed E-state index contributed by atoms with van der Waals surface area (Å²) in [7, 11) is 0. The molecule has 0 saturated heterocycles.